The van der Waals surface area contributed by atoms with Crippen LogP contribution in [0.1, 0.15) is 19.3 Å². The molecule has 0 unspecified atom stereocenters. The third kappa shape index (κ3) is 3.93. The number of carboxylic acids is 1. The normalized spacial score (nSPS) is 17.5. The molecular formula is C12H18N2O4. The Bertz CT molecular complexity index is 342. The molecule has 3 N–H and O–H groups in total. The lowest BCUT2D eigenvalue weighted by Gasteiger charge is -2.33. The van der Waals surface area contributed by atoms with Gasteiger partial charge in [0.2, 0.25) is 0 Å². The maximum Gasteiger partial charge on any atom is 0.314 e. The highest BCUT2D eigenvalue weighted by molar-refractivity contribution is 5.78. The van der Waals surface area contributed by atoms with Crippen molar-refractivity contribution in [3.8, 4) is 12.3 Å². The second kappa shape index (κ2) is 6.87. The summed E-state index contributed by atoms with van der Waals surface area (Å²) in [6.07, 6.45) is 6.32. The molecular weight excluding hydrogens is 236 g/mol. The first kappa shape index (κ1) is 14.3. The van der Waals surface area contributed by atoms with Crippen LogP contribution in [0.15, 0.2) is 0 Å². The van der Waals surface area contributed by atoms with Gasteiger partial charge in [0, 0.05) is 32.7 Å². The average molecular weight is 254 g/mol. The van der Waals surface area contributed by atoms with E-state index in [0.717, 1.165) is 0 Å². The van der Waals surface area contributed by atoms with Crippen LogP contribution >= 0.6 is 0 Å². The molecule has 1 saturated heterocycles. The molecule has 100 valence electrons. The number of carboxylic acid groups (broad SMARTS) is 1. The number of hydrogen-bond donors (Lipinski definition) is 3. The summed E-state index contributed by atoms with van der Waals surface area (Å²) in [4.78, 5) is 22.7. The minimum atomic E-state index is -0.915. The minimum absolute atomic E-state index is 0.105. The van der Waals surface area contributed by atoms with Crippen molar-refractivity contribution in [2.45, 2.75) is 19.3 Å². The fourth-order valence-corrected chi connectivity index (χ4v) is 1.79. The van der Waals surface area contributed by atoms with Crippen LogP contribution in [0.2, 0.25) is 0 Å². The van der Waals surface area contributed by atoms with E-state index >= 15 is 0 Å². The van der Waals surface area contributed by atoms with Gasteiger partial charge in [0.05, 0.1) is 5.41 Å². The summed E-state index contributed by atoms with van der Waals surface area (Å²) < 4.78 is 5.15. The molecule has 6 nitrogen and oxygen atoms in total. The van der Waals surface area contributed by atoms with Crippen molar-refractivity contribution in [3.63, 3.8) is 0 Å². The first-order valence-corrected chi connectivity index (χ1v) is 5.87. The fourth-order valence-electron chi connectivity index (χ4n) is 1.79. The molecule has 0 aromatic heterocycles. The van der Waals surface area contributed by atoms with Crippen LogP contribution in [0.25, 0.3) is 0 Å². The molecule has 0 aromatic rings. The Morgan fingerprint density at radius 2 is 2.00 bits per heavy atom. The van der Waals surface area contributed by atoms with Crippen LogP contribution in [0.5, 0.6) is 0 Å². The predicted molar refractivity (Wildman–Crippen MR) is 65.0 cm³/mol. The van der Waals surface area contributed by atoms with Crippen molar-refractivity contribution >= 4 is 12.0 Å². The largest absolute Gasteiger partial charge is 0.481 e. The number of hydrogen-bond acceptors (Lipinski definition) is 3. The van der Waals surface area contributed by atoms with Gasteiger partial charge in [-0.15, -0.1) is 12.3 Å². The van der Waals surface area contributed by atoms with E-state index in [1.807, 2.05) is 0 Å². The van der Waals surface area contributed by atoms with Gasteiger partial charge in [-0.2, -0.15) is 0 Å². The zero-order valence-corrected chi connectivity index (χ0v) is 10.2. The van der Waals surface area contributed by atoms with E-state index in [-0.39, 0.29) is 6.54 Å². The van der Waals surface area contributed by atoms with Crippen molar-refractivity contribution in [3.05, 3.63) is 0 Å². The molecule has 2 amide bonds. The number of carbonyl (C=O) groups excluding carboxylic acids is 1. The number of ether oxygens (including phenoxy) is 1. The van der Waals surface area contributed by atoms with Gasteiger partial charge in [-0.1, -0.05) is 0 Å². The fraction of sp³-hybridized carbons (Fsp3) is 0.667. The molecule has 0 aliphatic carbocycles. The molecule has 1 aliphatic heterocycles. The molecule has 0 spiro atoms. The summed E-state index contributed by atoms with van der Waals surface area (Å²) in [6.45, 7) is 1.30. The van der Waals surface area contributed by atoms with Crippen LogP contribution in [0.3, 0.4) is 0 Å². The van der Waals surface area contributed by atoms with Gasteiger partial charge in [-0.25, -0.2) is 4.79 Å². The van der Waals surface area contributed by atoms with Gasteiger partial charge in [-0.3, -0.25) is 4.79 Å². The smallest absolute Gasteiger partial charge is 0.314 e. The molecule has 1 heterocycles. The SMILES string of the molecule is C#CCCNC(=O)NCC1(C(=O)O)CCOCC1. The highest BCUT2D eigenvalue weighted by Gasteiger charge is 2.40. The predicted octanol–water partition coefficient (Wildman–Crippen LogP) is 0.190. The van der Waals surface area contributed by atoms with Gasteiger partial charge in [-0.05, 0) is 12.8 Å². The molecule has 0 aromatic carbocycles. The van der Waals surface area contributed by atoms with Crippen LogP contribution < -0.4 is 10.6 Å². The molecule has 6 heteroatoms. The van der Waals surface area contributed by atoms with Gasteiger partial charge in [0.15, 0.2) is 0 Å². The highest BCUT2D eigenvalue weighted by Crippen LogP contribution is 2.29. The Hall–Kier alpha value is -1.74. The molecule has 1 fully saturated rings. The zero-order chi connectivity index (χ0) is 13.4. The van der Waals surface area contributed by atoms with Crippen LogP contribution in [0, 0.1) is 17.8 Å². The molecule has 0 radical (unpaired) electrons. The Balaban J connectivity index is 2.40. The number of amides is 2. The molecule has 0 saturated carbocycles. The summed E-state index contributed by atoms with van der Waals surface area (Å²) in [5.41, 5.74) is -0.915. The van der Waals surface area contributed by atoms with Crippen LogP contribution in [0.4, 0.5) is 4.79 Å². The lowest BCUT2D eigenvalue weighted by Crippen LogP contribution is -2.48. The minimum Gasteiger partial charge on any atom is -0.481 e. The van der Waals surface area contributed by atoms with Crippen molar-refractivity contribution in [2.24, 2.45) is 5.41 Å². The molecule has 18 heavy (non-hydrogen) atoms. The van der Waals surface area contributed by atoms with Gasteiger partial charge < -0.3 is 20.5 Å². The Labute approximate surface area is 106 Å². The van der Waals surface area contributed by atoms with E-state index in [0.29, 0.717) is 39.0 Å². The monoisotopic (exact) mass is 254 g/mol. The van der Waals surface area contributed by atoms with E-state index < -0.39 is 17.4 Å². The standard InChI is InChI=1S/C12H18N2O4/c1-2-3-6-13-11(17)14-9-12(10(15)16)4-7-18-8-5-12/h1H,3-9H2,(H,15,16)(H2,13,14,17). The Kier molecular flexibility index (Phi) is 5.46. The third-order valence-corrected chi connectivity index (χ3v) is 3.05. The summed E-state index contributed by atoms with van der Waals surface area (Å²) in [5.74, 6) is 1.51. The molecule has 1 rings (SSSR count). The molecule has 1 aliphatic rings. The van der Waals surface area contributed by atoms with E-state index in [1.165, 1.54) is 0 Å². The first-order chi connectivity index (χ1) is 8.60. The summed E-state index contributed by atoms with van der Waals surface area (Å²) in [7, 11) is 0. The summed E-state index contributed by atoms with van der Waals surface area (Å²) >= 11 is 0. The third-order valence-electron chi connectivity index (χ3n) is 3.05. The number of urea groups is 1. The van der Waals surface area contributed by atoms with Crippen LogP contribution in [-0.4, -0.2) is 43.4 Å². The number of terminal acetylenes is 1. The topological polar surface area (TPSA) is 87.7 Å². The van der Waals surface area contributed by atoms with E-state index in [4.69, 9.17) is 11.2 Å². The molecule has 0 atom stereocenters. The lowest BCUT2D eigenvalue weighted by atomic mass is 9.80. The summed E-state index contributed by atoms with van der Waals surface area (Å²) in [6, 6.07) is -0.391. The average Bonchev–Trinajstić information content (AvgIpc) is 2.37. The van der Waals surface area contributed by atoms with Crippen molar-refractivity contribution < 1.29 is 19.4 Å². The number of nitrogens with one attached hydrogen (secondary N) is 2. The van der Waals surface area contributed by atoms with Gasteiger partial charge >= 0.3 is 12.0 Å². The van der Waals surface area contributed by atoms with Crippen molar-refractivity contribution in [2.75, 3.05) is 26.3 Å². The number of carbonyl (C=O) groups is 2. The zero-order valence-electron chi connectivity index (χ0n) is 10.2. The van der Waals surface area contributed by atoms with E-state index in [1.54, 1.807) is 0 Å². The van der Waals surface area contributed by atoms with E-state index in [9.17, 15) is 14.7 Å². The van der Waals surface area contributed by atoms with Gasteiger partial charge in [0.25, 0.3) is 0 Å². The maximum absolute atomic E-state index is 11.4. The maximum atomic E-state index is 11.4. The summed E-state index contributed by atoms with van der Waals surface area (Å²) in [5, 5.41) is 14.4. The molecule has 0 bridgehead atoms. The Morgan fingerprint density at radius 3 is 2.56 bits per heavy atom. The quantitative estimate of drug-likeness (QED) is 0.483. The van der Waals surface area contributed by atoms with Crippen LogP contribution in [-0.2, 0) is 9.53 Å². The number of aliphatic carboxylic acids is 1. The van der Waals surface area contributed by atoms with Gasteiger partial charge in [0.1, 0.15) is 0 Å². The second-order valence-electron chi connectivity index (χ2n) is 4.26. The Morgan fingerprint density at radius 1 is 1.33 bits per heavy atom. The second-order valence-corrected chi connectivity index (χ2v) is 4.26. The lowest BCUT2D eigenvalue weighted by molar-refractivity contribution is -0.154. The van der Waals surface area contributed by atoms with E-state index in [2.05, 4.69) is 16.6 Å². The van der Waals surface area contributed by atoms with Crippen molar-refractivity contribution in [1.82, 2.24) is 10.6 Å². The number of rotatable bonds is 5. The highest BCUT2D eigenvalue weighted by atomic mass is 16.5. The van der Waals surface area contributed by atoms with Crippen molar-refractivity contribution in [1.29, 1.82) is 0 Å². The first-order valence-electron chi connectivity index (χ1n) is 5.87.